The largest absolute Gasteiger partial charge is 0.394 e. The van der Waals surface area contributed by atoms with Gasteiger partial charge in [0.1, 0.15) is 0 Å². The molecule has 1 aliphatic heterocycles. The van der Waals surface area contributed by atoms with Crippen molar-refractivity contribution < 1.29 is 13.5 Å². The third-order valence-electron chi connectivity index (χ3n) is 3.71. The Hall–Kier alpha value is -0.170. The van der Waals surface area contributed by atoms with Crippen LogP contribution in [0.25, 0.3) is 0 Å². The Morgan fingerprint density at radius 3 is 2.65 bits per heavy atom. The van der Waals surface area contributed by atoms with E-state index in [1.54, 1.807) is 0 Å². The molecule has 0 bridgehead atoms. The molecule has 0 radical (unpaired) electrons. The van der Waals surface area contributed by atoms with Crippen molar-refractivity contribution in [2.45, 2.75) is 31.8 Å². The molecule has 102 valence electrons. The average molecular weight is 264 g/mol. The van der Waals surface area contributed by atoms with E-state index >= 15 is 0 Å². The maximum Gasteiger partial charge on any atom is 0.153 e. The molecule has 1 fully saturated rings. The fourth-order valence-electron chi connectivity index (χ4n) is 2.04. The van der Waals surface area contributed by atoms with E-state index in [0.717, 1.165) is 13.0 Å². The van der Waals surface area contributed by atoms with Crippen molar-refractivity contribution >= 4 is 9.84 Å². The van der Waals surface area contributed by atoms with Crippen LogP contribution in [0.2, 0.25) is 0 Å². The summed E-state index contributed by atoms with van der Waals surface area (Å²) in [4.78, 5) is 2.19. The molecule has 2 N–H and O–H groups in total. The normalized spacial score (nSPS) is 28.8. The molecule has 2 atom stereocenters. The first-order valence-electron chi connectivity index (χ1n) is 6.06. The molecule has 2 unspecified atom stereocenters. The van der Waals surface area contributed by atoms with Crippen LogP contribution in [0, 0.1) is 0 Å². The van der Waals surface area contributed by atoms with Gasteiger partial charge in [0.25, 0.3) is 0 Å². The van der Waals surface area contributed by atoms with Crippen LogP contribution in [-0.2, 0) is 9.84 Å². The van der Waals surface area contributed by atoms with Crippen molar-refractivity contribution in [1.82, 2.24) is 10.2 Å². The van der Waals surface area contributed by atoms with E-state index in [4.69, 9.17) is 0 Å². The highest BCUT2D eigenvalue weighted by atomic mass is 32.2. The zero-order chi connectivity index (χ0) is 13.1. The number of nitrogens with one attached hydrogen (secondary N) is 1. The smallest absolute Gasteiger partial charge is 0.153 e. The van der Waals surface area contributed by atoms with Gasteiger partial charge >= 0.3 is 0 Å². The van der Waals surface area contributed by atoms with Gasteiger partial charge in [-0.2, -0.15) is 0 Å². The zero-order valence-corrected chi connectivity index (χ0v) is 11.8. The van der Waals surface area contributed by atoms with Crippen LogP contribution in [-0.4, -0.2) is 68.3 Å². The van der Waals surface area contributed by atoms with Crippen molar-refractivity contribution in [3.8, 4) is 0 Å². The molecule has 1 heterocycles. The summed E-state index contributed by atoms with van der Waals surface area (Å²) in [6.07, 6.45) is 0.810. The van der Waals surface area contributed by atoms with Gasteiger partial charge < -0.3 is 10.4 Å². The van der Waals surface area contributed by atoms with Crippen LogP contribution in [0.3, 0.4) is 0 Å². The topological polar surface area (TPSA) is 69.6 Å². The van der Waals surface area contributed by atoms with Gasteiger partial charge in [-0.25, -0.2) is 8.42 Å². The molecule has 17 heavy (non-hydrogen) atoms. The number of nitrogens with zero attached hydrogens (tertiary/aromatic N) is 1. The molecule has 0 aromatic rings. The minimum Gasteiger partial charge on any atom is -0.394 e. The monoisotopic (exact) mass is 264 g/mol. The first-order chi connectivity index (χ1) is 7.82. The third kappa shape index (κ3) is 4.21. The van der Waals surface area contributed by atoms with Gasteiger partial charge in [-0.05, 0) is 27.3 Å². The van der Waals surface area contributed by atoms with Crippen molar-refractivity contribution in [2.75, 3.05) is 38.2 Å². The number of likely N-dealkylation sites (N-methyl/N-ethyl adjacent to an activating group) is 1. The Morgan fingerprint density at radius 1 is 1.53 bits per heavy atom. The van der Waals surface area contributed by atoms with Crippen LogP contribution < -0.4 is 5.32 Å². The Labute approximate surface area is 104 Å². The van der Waals surface area contributed by atoms with Crippen LogP contribution in [0.5, 0.6) is 0 Å². The molecule has 0 aliphatic carbocycles. The fraction of sp³-hybridized carbons (Fsp3) is 1.00. The van der Waals surface area contributed by atoms with Crippen molar-refractivity contribution in [3.63, 3.8) is 0 Å². The lowest BCUT2D eigenvalue weighted by Gasteiger charge is -2.36. The first kappa shape index (κ1) is 14.9. The Kier molecular flexibility index (Phi) is 4.95. The summed E-state index contributed by atoms with van der Waals surface area (Å²) in [6, 6.07) is 0.0774. The van der Waals surface area contributed by atoms with Gasteiger partial charge in [0.2, 0.25) is 0 Å². The van der Waals surface area contributed by atoms with E-state index in [1.165, 1.54) is 0 Å². The van der Waals surface area contributed by atoms with Gasteiger partial charge in [-0.1, -0.05) is 0 Å². The molecule has 1 rings (SSSR count). The molecule has 0 saturated carbocycles. The number of hydrogen-bond acceptors (Lipinski definition) is 5. The second kappa shape index (κ2) is 5.65. The molecule has 1 aliphatic rings. The number of rotatable bonds is 5. The highest BCUT2D eigenvalue weighted by Gasteiger charge is 2.29. The van der Waals surface area contributed by atoms with E-state index < -0.39 is 9.84 Å². The van der Waals surface area contributed by atoms with Crippen LogP contribution in [0.4, 0.5) is 0 Å². The second-order valence-corrected chi connectivity index (χ2v) is 7.45. The van der Waals surface area contributed by atoms with Gasteiger partial charge in [-0.15, -0.1) is 0 Å². The number of sulfone groups is 1. The molecule has 0 amide bonds. The quantitative estimate of drug-likeness (QED) is 0.698. The molecule has 6 heteroatoms. The summed E-state index contributed by atoms with van der Waals surface area (Å²) >= 11 is 0. The molecule has 0 aromatic carbocycles. The standard InChI is InChI=1S/C11H24N2O3S/c1-10-8-17(15,16)7-6-13(10)5-4-11(2,9-14)12-3/h10,12,14H,4-9H2,1-3H3. The first-order valence-corrected chi connectivity index (χ1v) is 7.88. The van der Waals surface area contributed by atoms with Crippen LogP contribution >= 0.6 is 0 Å². The lowest BCUT2D eigenvalue weighted by molar-refractivity contribution is 0.141. The maximum atomic E-state index is 11.4. The fourth-order valence-corrected chi connectivity index (χ4v) is 3.66. The maximum absolute atomic E-state index is 11.4. The van der Waals surface area contributed by atoms with Crippen molar-refractivity contribution in [3.05, 3.63) is 0 Å². The second-order valence-electron chi connectivity index (χ2n) is 5.22. The van der Waals surface area contributed by atoms with Gasteiger partial charge in [0, 0.05) is 24.7 Å². The summed E-state index contributed by atoms with van der Waals surface area (Å²) in [5.41, 5.74) is -0.282. The molecule has 5 nitrogen and oxygen atoms in total. The van der Waals surface area contributed by atoms with E-state index in [0.29, 0.717) is 6.54 Å². The molecule has 1 saturated heterocycles. The third-order valence-corrected chi connectivity index (χ3v) is 5.51. The molecular formula is C11H24N2O3S. The van der Waals surface area contributed by atoms with Gasteiger partial charge in [0.05, 0.1) is 18.1 Å². The van der Waals surface area contributed by atoms with E-state index in [-0.39, 0.29) is 29.7 Å². The van der Waals surface area contributed by atoms with E-state index in [1.807, 2.05) is 20.9 Å². The summed E-state index contributed by atoms with van der Waals surface area (Å²) in [5, 5.41) is 12.4. The summed E-state index contributed by atoms with van der Waals surface area (Å²) in [6.45, 7) is 5.43. The number of aliphatic hydroxyl groups excluding tert-OH is 1. The summed E-state index contributed by atoms with van der Waals surface area (Å²) in [5.74, 6) is 0.509. The van der Waals surface area contributed by atoms with Crippen molar-refractivity contribution in [2.24, 2.45) is 0 Å². The van der Waals surface area contributed by atoms with Gasteiger partial charge in [-0.3, -0.25) is 4.90 Å². The molecule has 0 spiro atoms. The van der Waals surface area contributed by atoms with E-state index in [2.05, 4.69) is 10.2 Å². The molecule has 0 aromatic heterocycles. The number of aliphatic hydroxyl groups is 1. The zero-order valence-electron chi connectivity index (χ0n) is 10.9. The lowest BCUT2D eigenvalue weighted by atomic mass is 9.99. The van der Waals surface area contributed by atoms with Crippen molar-refractivity contribution in [1.29, 1.82) is 0 Å². The Balaban J connectivity index is 2.48. The summed E-state index contributed by atoms with van der Waals surface area (Å²) in [7, 11) is -1.00. The van der Waals surface area contributed by atoms with Gasteiger partial charge in [0.15, 0.2) is 9.84 Å². The van der Waals surface area contributed by atoms with E-state index in [9.17, 15) is 13.5 Å². The average Bonchev–Trinajstić information content (AvgIpc) is 2.26. The molecular weight excluding hydrogens is 240 g/mol. The SMILES string of the molecule is CNC(C)(CO)CCN1CCS(=O)(=O)CC1C. The lowest BCUT2D eigenvalue weighted by Crippen LogP contribution is -2.51. The Bertz CT molecular complexity index is 339. The highest BCUT2D eigenvalue weighted by molar-refractivity contribution is 7.91. The van der Waals surface area contributed by atoms with Crippen LogP contribution in [0.1, 0.15) is 20.3 Å². The summed E-state index contributed by atoms with van der Waals surface area (Å²) < 4.78 is 22.9. The Morgan fingerprint density at radius 2 is 2.18 bits per heavy atom. The minimum atomic E-state index is -2.84. The minimum absolute atomic E-state index is 0.0774. The highest BCUT2D eigenvalue weighted by Crippen LogP contribution is 2.15. The predicted octanol–water partition coefficient (Wildman–Crippen LogP) is -0.534. The predicted molar refractivity (Wildman–Crippen MR) is 68.9 cm³/mol. The van der Waals surface area contributed by atoms with Crippen LogP contribution in [0.15, 0.2) is 0 Å². The number of hydrogen-bond donors (Lipinski definition) is 2.